The summed E-state index contributed by atoms with van der Waals surface area (Å²) in [6.45, 7) is 2.07. The van der Waals surface area contributed by atoms with E-state index in [0.717, 1.165) is 14.4 Å². The molecule has 2 aromatic rings. The molecule has 0 atom stereocenters. The van der Waals surface area contributed by atoms with Crippen LogP contribution in [0.3, 0.4) is 0 Å². The van der Waals surface area contributed by atoms with E-state index in [-0.39, 0.29) is 5.91 Å². The van der Waals surface area contributed by atoms with Gasteiger partial charge in [0.1, 0.15) is 0 Å². The second kappa shape index (κ2) is 7.87. The highest BCUT2D eigenvalue weighted by molar-refractivity contribution is 8.03. The molecule has 0 fully saturated rings. The highest BCUT2D eigenvalue weighted by atomic mass is 35.5. The number of thioether (sulfide) groups is 2. The average molecular weight is 346 g/mol. The number of benzene rings is 1. The van der Waals surface area contributed by atoms with Gasteiger partial charge >= 0.3 is 0 Å². The van der Waals surface area contributed by atoms with E-state index in [0.29, 0.717) is 16.5 Å². The standard InChI is InChI=1S/C12H12ClN3OS3/c1-2-18-11-15-16-12(20-11)19-7-10(17)14-9-5-3-4-8(13)6-9/h3-6H,2,7H2,1H3,(H,14,17). The summed E-state index contributed by atoms with van der Waals surface area (Å²) in [6, 6.07) is 7.07. The molecular weight excluding hydrogens is 334 g/mol. The Hall–Kier alpha value is -0.760. The molecule has 1 aromatic heterocycles. The molecular formula is C12H12ClN3OS3. The van der Waals surface area contributed by atoms with Crippen LogP contribution in [0, 0.1) is 0 Å². The molecule has 1 amide bonds. The van der Waals surface area contributed by atoms with E-state index in [2.05, 4.69) is 22.4 Å². The lowest BCUT2D eigenvalue weighted by atomic mass is 10.3. The first-order valence-electron chi connectivity index (χ1n) is 5.82. The van der Waals surface area contributed by atoms with Gasteiger partial charge in [-0.1, -0.05) is 59.5 Å². The molecule has 0 radical (unpaired) electrons. The van der Waals surface area contributed by atoms with Crippen molar-refractivity contribution in [3.05, 3.63) is 29.3 Å². The van der Waals surface area contributed by atoms with Gasteiger partial charge in [-0.05, 0) is 24.0 Å². The number of hydrogen-bond donors (Lipinski definition) is 1. The van der Waals surface area contributed by atoms with Crippen LogP contribution in [0.25, 0.3) is 0 Å². The SMILES string of the molecule is CCSc1nnc(SCC(=O)Nc2cccc(Cl)c2)s1. The summed E-state index contributed by atoms with van der Waals surface area (Å²) in [5, 5.41) is 11.5. The van der Waals surface area contributed by atoms with Crippen molar-refractivity contribution >= 4 is 58.1 Å². The Morgan fingerprint density at radius 1 is 1.35 bits per heavy atom. The average Bonchev–Trinajstić information content (AvgIpc) is 2.85. The Morgan fingerprint density at radius 3 is 2.80 bits per heavy atom. The number of anilines is 1. The maximum absolute atomic E-state index is 11.8. The Morgan fingerprint density at radius 2 is 2.10 bits per heavy atom. The van der Waals surface area contributed by atoms with Crippen LogP contribution < -0.4 is 5.32 Å². The van der Waals surface area contributed by atoms with Crippen LogP contribution in [0.1, 0.15) is 6.92 Å². The first kappa shape index (κ1) is 15.6. The Kier molecular flexibility index (Phi) is 6.15. The molecule has 0 spiro atoms. The highest BCUT2D eigenvalue weighted by Gasteiger charge is 2.08. The minimum Gasteiger partial charge on any atom is -0.325 e. The van der Waals surface area contributed by atoms with Gasteiger partial charge < -0.3 is 5.32 Å². The van der Waals surface area contributed by atoms with E-state index in [9.17, 15) is 4.79 Å². The lowest BCUT2D eigenvalue weighted by molar-refractivity contribution is -0.113. The normalized spacial score (nSPS) is 10.5. The number of amides is 1. The lowest BCUT2D eigenvalue weighted by Crippen LogP contribution is -2.13. The molecule has 0 aliphatic heterocycles. The molecule has 4 nitrogen and oxygen atoms in total. The number of carbonyl (C=O) groups is 1. The van der Waals surface area contributed by atoms with Crippen LogP contribution in [-0.4, -0.2) is 27.6 Å². The van der Waals surface area contributed by atoms with E-state index in [4.69, 9.17) is 11.6 Å². The number of hydrogen-bond acceptors (Lipinski definition) is 6. The molecule has 0 saturated carbocycles. The zero-order valence-electron chi connectivity index (χ0n) is 10.6. The van der Waals surface area contributed by atoms with Gasteiger partial charge in [-0.2, -0.15) is 0 Å². The molecule has 1 heterocycles. The molecule has 0 unspecified atom stereocenters. The Labute approximate surface area is 134 Å². The fourth-order valence-corrected chi connectivity index (χ4v) is 4.24. The van der Waals surface area contributed by atoms with Gasteiger partial charge in [-0.3, -0.25) is 4.79 Å². The second-order valence-electron chi connectivity index (χ2n) is 3.61. The fraction of sp³-hybridized carbons (Fsp3) is 0.250. The fourth-order valence-electron chi connectivity index (χ4n) is 1.33. The maximum Gasteiger partial charge on any atom is 0.234 e. The van der Waals surface area contributed by atoms with Crippen molar-refractivity contribution in [2.24, 2.45) is 0 Å². The third-order valence-electron chi connectivity index (χ3n) is 2.09. The second-order valence-corrected chi connectivity index (χ2v) is 7.76. The largest absolute Gasteiger partial charge is 0.325 e. The van der Waals surface area contributed by atoms with Crippen molar-refractivity contribution in [2.75, 3.05) is 16.8 Å². The van der Waals surface area contributed by atoms with Gasteiger partial charge in [0.2, 0.25) is 5.91 Å². The molecule has 2 rings (SSSR count). The predicted octanol–water partition coefficient (Wildman–Crippen LogP) is 4.03. The van der Waals surface area contributed by atoms with Crippen LogP contribution in [0.5, 0.6) is 0 Å². The van der Waals surface area contributed by atoms with Gasteiger partial charge in [0.25, 0.3) is 0 Å². The Bertz CT molecular complexity index is 591. The summed E-state index contributed by atoms with van der Waals surface area (Å²) in [4.78, 5) is 11.8. The first-order chi connectivity index (χ1) is 9.67. The van der Waals surface area contributed by atoms with E-state index in [1.807, 2.05) is 0 Å². The number of carbonyl (C=O) groups excluding carboxylic acids is 1. The van der Waals surface area contributed by atoms with Crippen LogP contribution in [0.2, 0.25) is 5.02 Å². The van der Waals surface area contributed by atoms with E-state index in [1.165, 1.54) is 23.1 Å². The van der Waals surface area contributed by atoms with Crippen molar-refractivity contribution in [3.63, 3.8) is 0 Å². The maximum atomic E-state index is 11.8. The highest BCUT2D eigenvalue weighted by Crippen LogP contribution is 2.28. The van der Waals surface area contributed by atoms with Gasteiger partial charge in [-0.25, -0.2) is 0 Å². The minimum absolute atomic E-state index is 0.0860. The molecule has 0 bridgehead atoms. The van der Waals surface area contributed by atoms with Crippen LogP contribution in [-0.2, 0) is 4.79 Å². The monoisotopic (exact) mass is 345 g/mol. The van der Waals surface area contributed by atoms with E-state index in [1.54, 1.807) is 36.0 Å². The van der Waals surface area contributed by atoms with Crippen LogP contribution >= 0.6 is 46.5 Å². The van der Waals surface area contributed by atoms with Crippen molar-refractivity contribution in [1.29, 1.82) is 0 Å². The molecule has 8 heteroatoms. The van der Waals surface area contributed by atoms with Crippen LogP contribution in [0.4, 0.5) is 5.69 Å². The smallest absolute Gasteiger partial charge is 0.234 e. The predicted molar refractivity (Wildman–Crippen MR) is 87.1 cm³/mol. The summed E-state index contributed by atoms with van der Waals surface area (Å²) >= 11 is 10.4. The van der Waals surface area contributed by atoms with Gasteiger partial charge in [0.05, 0.1) is 5.75 Å². The number of halogens is 1. The summed E-state index contributed by atoms with van der Waals surface area (Å²) in [7, 11) is 0. The molecule has 1 N–H and O–H groups in total. The van der Waals surface area contributed by atoms with Crippen molar-refractivity contribution in [2.45, 2.75) is 15.6 Å². The van der Waals surface area contributed by atoms with E-state index >= 15 is 0 Å². The van der Waals surface area contributed by atoms with Gasteiger partial charge in [0.15, 0.2) is 8.68 Å². The summed E-state index contributed by atoms with van der Waals surface area (Å²) in [5.41, 5.74) is 0.697. The molecule has 0 aliphatic carbocycles. The van der Waals surface area contributed by atoms with Crippen molar-refractivity contribution < 1.29 is 4.79 Å². The minimum atomic E-state index is -0.0860. The topological polar surface area (TPSA) is 54.9 Å². The quantitative estimate of drug-likeness (QED) is 0.801. The molecule has 20 heavy (non-hydrogen) atoms. The molecule has 106 valence electrons. The van der Waals surface area contributed by atoms with Crippen molar-refractivity contribution in [3.8, 4) is 0 Å². The zero-order chi connectivity index (χ0) is 14.4. The summed E-state index contributed by atoms with van der Waals surface area (Å²) < 4.78 is 1.74. The zero-order valence-corrected chi connectivity index (χ0v) is 13.8. The van der Waals surface area contributed by atoms with Crippen LogP contribution in [0.15, 0.2) is 32.9 Å². The molecule has 1 aromatic carbocycles. The third kappa shape index (κ3) is 4.97. The summed E-state index contributed by atoms with van der Waals surface area (Å²) in [5.74, 6) is 1.18. The number of nitrogens with zero attached hydrogens (tertiary/aromatic N) is 2. The Balaban J connectivity index is 1.82. The summed E-state index contributed by atoms with van der Waals surface area (Å²) in [6.07, 6.45) is 0. The number of aromatic nitrogens is 2. The number of rotatable bonds is 6. The first-order valence-corrected chi connectivity index (χ1v) is 8.98. The van der Waals surface area contributed by atoms with E-state index < -0.39 is 0 Å². The third-order valence-corrected chi connectivity index (χ3v) is 5.40. The van der Waals surface area contributed by atoms with Gasteiger partial charge in [0, 0.05) is 10.7 Å². The van der Waals surface area contributed by atoms with Gasteiger partial charge in [-0.15, -0.1) is 10.2 Å². The number of nitrogens with one attached hydrogen (secondary N) is 1. The van der Waals surface area contributed by atoms with Crippen molar-refractivity contribution in [1.82, 2.24) is 10.2 Å². The molecule has 0 aliphatic rings. The molecule has 0 saturated heterocycles. The lowest BCUT2D eigenvalue weighted by Gasteiger charge is -2.04.